The summed E-state index contributed by atoms with van der Waals surface area (Å²) in [5, 5.41) is 13.2. The van der Waals surface area contributed by atoms with Gasteiger partial charge in [-0.2, -0.15) is 0 Å². The number of anilines is 2. The van der Waals surface area contributed by atoms with E-state index in [1.165, 1.54) is 29.8 Å². The molecule has 0 spiro atoms. The number of carbonyl (C=O) groups excluding carboxylic acids is 2. The van der Waals surface area contributed by atoms with Gasteiger partial charge in [0.15, 0.2) is 5.69 Å². The highest BCUT2D eigenvalue weighted by molar-refractivity contribution is 9.10. The van der Waals surface area contributed by atoms with Crippen LogP contribution in [0.25, 0.3) is 5.69 Å². The zero-order valence-electron chi connectivity index (χ0n) is 14.8. The Morgan fingerprint density at radius 1 is 1.14 bits per heavy atom. The smallest absolute Gasteiger partial charge is 0.278 e. The van der Waals surface area contributed by atoms with Gasteiger partial charge < -0.3 is 10.6 Å². The van der Waals surface area contributed by atoms with Crippen LogP contribution in [-0.2, 0) is 4.79 Å². The van der Waals surface area contributed by atoms with Crippen molar-refractivity contribution in [1.82, 2.24) is 15.0 Å². The second-order valence-corrected chi connectivity index (χ2v) is 7.18. The third kappa shape index (κ3) is 4.20. The zero-order valence-corrected chi connectivity index (χ0v) is 17.1. The highest BCUT2D eigenvalue weighted by atomic mass is 79.9. The van der Waals surface area contributed by atoms with Crippen LogP contribution in [0.2, 0.25) is 5.02 Å². The quantitative estimate of drug-likeness (QED) is 0.598. The monoisotopic (exact) mass is 465 g/mol. The Balaban J connectivity index is 1.90. The second kappa shape index (κ2) is 8.07. The lowest BCUT2D eigenvalue weighted by molar-refractivity contribution is -0.114. The molecule has 0 bridgehead atoms. The number of rotatable bonds is 4. The molecule has 0 fully saturated rings. The molecular weight excluding hydrogens is 453 g/mol. The molecule has 0 saturated carbocycles. The maximum Gasteiger partial charge on any atom is 0.278 e. The van der Waals surface area contributed by atoms with E-state index in [0.29, 0.717) is 22.8 Å². The minimum atomic E-state index is -0.554. The first-order valence-electron chi connectivity index (χ1n) is 8.02. The van der Waals surface area contributed by atoms with E-state index >= 15 is 0 Å². The number of hydrogen-bond donors (Lipinski definition) is 2. The predicted octanol–water partition coefficient (Wildman–Crippen LogP) is 4.34. The summed E-state index contributed by atoms with van der Waals surface area (Å²) < 4.78 is 15.5. The summed E-state index contributed by atoms with van der Waals surface area (Å²) >= 11 is 9.14. The molecule has 2 N–H and O–H groups in total. The van der Waals surface area contributed by atoms with Gasteiger partial charge >= 0.3 is 0 Å². The van der Waals surface area contributed by atoms with Crippen LogP contribution in [0.4, 0.5) is 15.8 Å². The van der Waals surface area contributed by atoms with Crippen molar-refractivity contribution in [3.05, 3.63) is 63.1 Å². The van der Waals surface area contributed by atoms with Gasteiger partial charge in [0.25, 0.3) is 5.91 Å². The van der Waals surface area contributed by atoms with Gasteiger partial charge in [0.05, 0.1) is 27.8 Å². The van der Waals surface area contributed by atoms with E-state index < -0.39 is 11.7 Å². The van der Waals surface area contributed by atoms with Crippen molar-refractivity contribution < 1.29 is 14.0 Å². The van der Waals surface area contributed by atoms with E-state index in [1.807, 2.05) is 0 Å². The lowest BCUT2D eigenvalue weighted by atomic mass is 10.2. The van der Waals surface area contributed by atoms with Crippen LogP contribution in [0.15, 0.2) is 40.9 Å². The number of hydrogen-bond acceptors (Lipinski definition) is 4. The average Bonchev–Trinajstić information content (AvgIpc) is 3.01. The molecule has 0 radical (unpaired) electrons. The molecule has 0 atom stereocenters. The molecule has 3 rings (SSSR count). The van der Waals surface area contributed by atoms with Gasteiger partial charge in [-0.25, -0.2) is 9.07 Å². The molecule has 2 aromatic carbocycles. The zero-order chi connectivity index (χ0) is 20.4. The van der Waals surface area contributed by atoms with Gasteiger partial charge in [0.1, 0.15) is 5.82 Å². The molecule has 1 heterocycles. The van der Waals surface area contributed by atoms with Crippen molar-refractivity contribution >= 4 is 50.7 Å². The Morgan fingerprint density at radius 3 is 2.57 bits per heavy atom. The first-order chi connectivity index (χ1) is 13.3. The van der Waals surface area contributed by atoms with Crippen molar-refractivity contribution in [2.75, 3.05) is 10.6 Å². The number of amides is 2. The number of nitrogens with zero attached hydrogens (tertiary/aromatic N) is 3. The molecule has 0 aliphatic carbocycles. The van der Waals surface area contributed by atoms with Crippen LogP contribution in [0.5, 0.6) is 0 Å². The van der Waals surface area contributed by atoms with Crippen LogP contribution in [-0.4, -0.2) is 26.8 Å². The normalized spacial score (nSPS) is 10.6. The summed E-state index contributed by atoms with van der Waals surface area (Å²) in [5.74, 6) is -1.34. The first kappa shape index (κ1) is 20.0. The SMILES string of the molecule is CC(=O)Nc1ccc(Br)cc1NC(=O)c1nnn(-c2ccc(F)c(Cl)c2)c1C. The fourth-order valence-corrected chi connectivity index (χ4v) is 3.04. The van der Waals surface area contributed by atoms with Gasteiger partial charge in [-0.1, -0.05) is 32.7 Å². The van der Waals surface area contributed by atoms with Crippen molar-refractivity contribution in [1.29, 1.82) is 0 Å². The van der Waals surface area contributed by atoms with E-state index in [4.69, 9.17) is 11.6 Å². The van der Waals surface area contributed by atoms with E-state index in [9.17, 15) is 14.0 Å². The minimum Gasteiger partial charge on any atom is -0.325 e. The first-order valence-corrected chi connectivity index (χ1v) is 9.19. The standard InChI is InChI=1S/C18H14BrClFN5O2/c1-9-17(24-25-26(9)12-4-5-14(21)13(20)8-12)18(28)23-16-7-11(19)3-6-15(16)22-10(2)27/h3-8H,1-2H3,(H,22,27)(H,23,28). The van der Waals surface area contributed by atoms with Crippen molar-refractivity contribution in [2.45, 2.75) is 13.8 Å². The number of aromatic nitrogens is 3. The Bertz CT molecular complexity index is 1090. The topological polar surface area (TPSA) is 88.9 Å². The van der Waals surface area contributed by atoms with E-state index in [-0.39, 0.29) is 16.6 Å². The Hall–Kier alpha value is -2.78. The summed E-state index contributed by atoms with van der Waals surface area (Å²) in [6, 6.07) is 9.13. The molecule has 0 aliphatic heterocycles. The fraction of sp³-hybridized carbons (Fsp3) is 0.111. The van der Waals surface area contributed by atoms with Gasteiger partial charge in [0.2, 0.25) is 5.91 Å². The molecule has 3 aromatic rings. The van der Waals surface area contributed by atoms with Crippen LogP contribution in [0.3, 0.4) is 0 Å². The summed E-state index contributed by atoms with van der Waals surface area (Å²) in [5.41, 5.74) is 1.83. The highest BCUT2D eigenvalue weighted by Crippen LogP contribution is 2.27. The molecule has 144 valence electrons. The number of halogens is 3. The second-order valence-electron chi connectivity index (χ2n) is 5.86. The van der Waals surface area contributed by atoms with E-state index in [0.717, 1.165) is 4.47 Å². The largest absolute Gasteiger partial charge is 0.325 e. The van der Waals surface area contributed by atoms with Crippen LogP contribution in [0, 0.1) is 12.7 Å². The van der Waals surface area contributed by atoms with E-state index in [2.05, 4.69) is 36.9 Å². The summed E-state index contributed by atoms with van der Waals surface area (Å²) in [6.07, 6.45) is 0. The number of carbonyl (C=O) groups is 2. The van der Waals surface area contributed by atoms with Gasteiger partial charge in [-0.05, 0) is 43.3 Å². The fourth-order valence-electron chi connectivity index (χ4n) is 2.50. The molecule has 7 nitrogen and oxygen atoms in total. The summed E-state index contributed by atoms with van der Waals surface area (Å²) in [7, 11) is 0. The van der Waals surface area contributed by atoms with Crippen LogP contribution >= 0.6 is 27.5 Å². The molecular formula is C18H14BrClFN5O2. The van der Waals surface area contributed by atoms with Gasteiger partial charge in [-0.15, -0.1) is 5.10 Å². The van der Waals surface area contributed by atoms with Gasteiger partial charge in [-0.3, -0.25) is 9.59 Å². The third-order valence-electron chi connectivity index (χ3n) is 3.80. The minimum absolute atomic E-state index is 0.0625. The molecule has 2 amide bonds. The maximum absolute atomic E-state index is 13.4. The Morgan fingerprint density at radius 2 is 1.89 bits per heavy atom. The molecule has 0 aliphatic rings. The average molecular weight is 467 g/mol. The molecule has 1 aromatic heterocycles. The maximum atomic E-state index is 13.4. The van der Waals surface area contributed by atoms with E-state index in [1.54, 1.807) is 25.1 Å². The Kier molecular flexibility index (Phi) is 5.76. The highest BCUT2D eigenvalue weighted by Gasteiger charge is 2.19. The molecule has 28 heavy (non-hydrogen) atoms. The van der Waals surface area contributed by atoms with Crippen molar-refractivity contribution in [3.8, 4) is 5.69 Å². The Labute approximate surface area is 173 Å². The molecule has 10 heteroatoms. The predicted molar refractivity (Wildman–Crippen MR) is 107 cm³/mol. The van der Waals surface area contributed by atoms with Crippen LogP contribution in [0.1, 0.15) is 23.1 Å². The lowest BCUT2D eigenvalue weighted by Crippen LogP contribution is -2.16. The molecule has 0 unspecified atom stereocenters. The number of nitrogens with one attached hydrogen (secondary N) is 2. The van der Waals surface area contributed by atoms with Crippen LogP contribution < -0.4 is 10.6 Å². The lowest BCUT2D eigenvalue weighted by Gasteiger charge is -2.11. The van der Waals surface area contributed by atoms with Crippen molar-refractivity contribution in [2.24, 2.45) is 0 Å². The summed E-state index contributed by atoms with van der Waals surface area (Å²) in [4.78, 5) is 24.1. The van der Waals surface area contributed by atoms with Gasteiger partial charge in [0, 0.05) is 11.4 Å². The van der Waals surface area contributed by atoms with Crippen molar-refractivity contribution in [3.63, 3.8) is 0 Å². The molecule has 0 saturated heterocycles. The number of benzene rings is 2. The summed E-state index contributed by atoms with van der Waals surface area (Å²) in [6.45, 7) is 3.03. The third-order valence-corrected chi connectivity index (χ3v) is 4.58.